The van der Waals surface area contributed by atoms with Crippen LogP contribution in [0.1, 0.15) is 19.2 Å². The molecular formula is C21H19N5O5. The molecule has 10 heteroatoms. The fraction of sp³-hybridized carbons (Fsp3) is 0.190. The van der Waals surface area contributed by atoms with Gasteiger partial charge in [-0.15, -0.1) is 0 Å². The zero-order chi connectivity index (χ0) is 21.6. The van der Waals surface area contributed by atoms with Gasteiger partial charge in [0.1, 0.15) is 5.75 Å². The van der Waals surface area contributed by atoms with Crippen LogP contribution in [0.15, 0.2) is 62.4 Å². The summed E-state index contributed by atoms with van der Waals surface area (Å²) in [5.74, 6) is 1.01. The van der Waals surface area contributed by atoms with Crippen molar-refractivity contribution < 1.29 is 18.6 Å². The van der Waals surface area contributed by atoms with Crippen LogP contribution in [-0.4, -0.2) is 32.8 Å². The summed E-state index contributed by atoms with van der Waals surface area (Å²) in [5, 5.41) is 10.4. The highest BCUT2D eigenvalue weighted by molar-refractivity contribution is 5.91. The molecule has 0 unspecified atom stereocenters. The van der Waals surface area contributed by atoms with Gasteiger partial charge in [-0.3, -0.25) is 14.3 Å². The van der Waals surface area contributed by atoms with Crippen LogP contribution in [0.5, 0.6) is 5.75 Å². The zero-order valence-corrected chi connectivity index (χ0v) is 16.6. The monoisotopic (exact) mass is 421 g/mol. The molecule has 4 aromatic rings. The van der Waals surface area contributed by atoms with E-state index in [2.05, 4.69) is 30.1 Å². The highest BCUT2D eigenvalue weighted by atomic mass is 16.5. The molecule has 2 aromatic carbocycles. The maximum Gasteiger partial charge on any atom is 0.439 e. The Bertz CT molecular complexity index is 1230. The maximum absolute atomic E-state index is 12.3. The van der Waals surface area contributed by atoms with Gasteiger partial charge in [-0.1, -0.05) is 22.4 Å². The van der Waals surface area contributed by atoms with Crippen LogP contribution in [0, 0.1) is 0 Å². The first-order valence-electron chi connectivity index (χ1n) is 9.63. The second-order valence-electron chi connectivity index (χ2n) is 6.54. The van der Waals surface area contributed by atoms with E-state index in [-0.39, 0.29) is 18.2 Å². The van der Waals surface area contributed by atoms with Crippen molar-refractivity contribution in [1.82, 2.24) is 20.3 Å². The molecule has 31 heavy (non-hydrogen) atoms. The Morgan fingerprint density at radius 3 is 2.68 bits per heavy atom. The Hall–Kier alpha value is -4.21. The third-order valence-electron chi connectivity index (χ3n) is 4.32. The Morgan fingerprint density at radius 1 is 1.10 bits per heavy atom. The second kappa shape index (κ2) is 9.08. The van der Waals surface area contributed by atoms with Crippen LogP contribution < -0.4 is 15.8 Å². The fourth-order valence-electron chi connectivity index (χ4n) is 2.88. The van der Waals surface area contributed by atoms with Crippen molar-refractivity contribution in [1.29, 1.82) is 0 Å². The van der Waals surface area contributed by atoms with E-state index < -0.39 is 5.76 Å². The van der Waals surface area contributed by atoms with Crippen molar-refractivity contribution >= 4 is 11.6 Å². The van der Waals surface area contributed by atoms with Crippen LogP contribution in [0.25, 0.3) is 22.8 Å². The molecule has 0 aliphatic carbocycles. The Morgan fingerprint density at radius 2 is 1.94 bits per heavy atom. The first kappa shape index (κ1) is 20.1. The van der Waals surface area contributed by atoms with Crippen LogP contribution in [0.2, 0.25) is 0 Å². The quantitative estimate of drug-likeness (QED) is 0.443. The van der Waals surface area contributed by atoms with E-state index in [0.717, 1.165) is 11.3 Å². The molecule has 0 fully saturated rings. The minimum atomic E-state index is -0.645. The smallest absolute Gasteiger partial charge is 0.439 e. The van der Waals surface area contributed by atoms with E-state index in [1.807, 2.05) is 31.2 Å². The molecule has 0 atom stereocenters. The van der Waals surface area contributed by atoms with Crippen LogP contribution >= 0.6 is 0 Å². The third kappa shape index (κ3) is 5.04. The fourth-order valence-corrected chi connectivity index (χ4v) is 2.88. The number of aromatic nitrogens is 4. The Kier molecular flexibility index (Phi) is 5.88. The van der Waals surface area contributed by atoms with Crippen molar-refractivity contribution in [2.75, 3.05) is 11.9 Å². The van der Waals surface area contributed by atoms with Crippen molar-refractivity contribution in [2.24, 2.45) is 0 Å². The summed E-state index contributed by atoms with van der Waals surface area (Å²) in [6, 6.07) is 14.3. The second-order valence-corrected chi connectivity index (χ2v) is 6.54. The van der Waals surface area contributed by atoms with E-state index in [9.17, 15) is 9.59 Å². The molecule has 0 saturated heterocycles. The lowest BCUT2D eigenvalue weighted by atomic mass is 10.2. The largest absolute Gasteiger partial charge is 0.494 e. The lowest BCUT2D eigenvalue weighted by Gasteiger charge is -2.05. The molecule has 0 spiro atoms. The first-order valence-corrected chi connectivity index (χ1v) is 9.63. The summed E-state index contributed by atoms with van der Waals surface area (Å²) in [5.41, 5.74) is 1.97. The van der Waals surface area contributed by atoms with Gasteiger partial charge in [0, 0.05) is 29.7 Å². The van der Waals surface area contributed by atoms with Crippen LogP contribution in [0.3, 0.4) is 0 Å². The highest BCUT2D eigenvalue weighted by Crippen LogP contribution is 2.21. The number of aryl methyl sites for hydroxylation is 1. The lowest BCUT2D eigenvalue weighted by molar-refractivity contribution is -0.116. The summed E-state index contributed by atoms with van der Waals surface area (Å²) in [7, 11) is 0. The molecule has 0 radical (unpaired) electrons. The third-order valence-corrected chi connectivity index (χ3v) is 4.32. The maximum atomic E-state index is 12.3. The molecule has 0 aliphatic heterocycles. The summed E-state index contributed by atoms with van der Waals surface area (Å²) in [6.07, 6.45) is 0.460. The average molecular weight is 421 g/mol. The van der Waals surface area contributed by atoms with Crippen LogP contribution in [-0.2, 0) is 11.2 Å². The van der Waals surface area contributed by atoms with Crippen LogP contribution in [0.4, 0.5) is 5.69 Å². The summed E-state index contributed by atoms with van der Waals surface area (Å²) in [6.45, 7) is 2.52. The van der Waals surface area contributed by atoms with Gasteiger partial charge in [0.15, 0.2) is 5.82 Å². The number of rotatable bonds is 8. The molecule has 0 aliphatic rings. The molecule has 2 heterocycles. The van der Waals surface area contributed by atoms with Gasteiger partial charge in [-0.05, 0) is 43.3 Å². The normalized spacial score (nSPS) is 10.7. The molecule has 2 N–H and O–H groups in total. The number of amides is 1. The molecule has 10 nitrogen and oxygen atoms in total. The first-order chi connectivity index (χ1) is 15.1. The van der Waals surface area contributed by atoms with Gasteiger partial charge in [-0.25, -0.2) is 4.79 Å². The van der Waals surface area contributed by atoms with E-state index >= 15 is 0 Å². The van der Waals surface area contributed by atoms with Crippen molar-refractivity contribution in [3.8, 4) is 28.5 Å². The van der Waals surface area contributed by atoms with Gasteiger partial charge in [0.05, 0.1) is 6.61 Å². The SMILES string of the molecule is CCOc1ccc(-c2noc(CCC(=O)Nc3cccc(-c4noc(=O)[nH]4)c3)n2)cc1. The molecule has 158 valence electrons. The summed E-state index contributed by atoms with van der Waals surface area (Å²) in [4.78, 5) is 30.2. The lowest BCUT2D eigenvalue weighted by Crippen LogP contribution is -2.12. The number of benzene rings is 2. The Balaban J connectivity index is 1.34. The van der Waals surface area contributed by atoms with Crippen molar-refractivity contribution in [3.63, 3.8) is 0 Å². The average Bonchev–Trinajstić information content (AvgIpc) is 3.43. The van der Waals surface area contributed by atoms with Gasteiger partial charge < -0.3 is 14.6 Å². The number of aromatic amines is 1. The number of nitrogens with one attached hydrogen (secondary N) is 2. The number of anilines is 1. The predicted octanol–water partition coefficient (Wildman–Crippen LogP) is 3.05. The number of hydrogen-bond donors (Lipinski definition) is 2. The number of carbonyl (C=O) groups is 1. The highest BCUT2D eigenvalue weighted by Gasteiger charge is 2.12. The number of carbonyl (C=O) groups excluding carboxylic acids is 1. The van der Waals surface area contributed by atoms with Gasteiger partial charge in [-0.2, -0.15) is 4.98 Å². The molecule has 1 amide bonds. The van der Waals surface area contributed by atoms with Crippen molar-refractivity contribution in [3.05, 3.63) is 65.0 Å². The minimum absolute atomic E-state index is 0.163. The van der Waals surface area contributed by atoms with E-state index in [4.69, 9.17) is 9.26 Å². The minimum Gasteiger partial charge on any atom is -0.494 e. The molecule has 0 bridgehead atoms. The molecular weight excluding hydrogens is 402 g/mol. The van der Waals surface area contributed by atoms with E-state index in [1.54, 1.807) is 24.3 Å². The molecule has 4 rings (SSSR count). The van der Waals surface area contributed by atoms with Gasteiger partial charge in [0.25, 0.3) is 0 Å². The topological polar surface area (TPSA) is 136 Å². The molecule has 0 saturated carbocycles. The summed E-state index contributed by atoms with van der Waals surface area (Å²) < 4.78 is 15.2. The standard InChI is InChI=1S/C21H19N5O5/c1-2-29-16-8-6-13(7-9-16)19-23-18(30-25-19)11-10-17(27)22-15-5-3-4-14(12-15)20-24-21(28)31-26-20/h3-9,12H,2,10-11H2,1H3,(H,22,27)(H,24,26,28). The number of ether oxygens (including phenoxy) is 1. The van der Waals surface area contributed by atoms with E-state index in [0.29, 0.717) is 36.0 Å². The zero-order valence-electron chi connectivity index (χ0n) is 16.6. The van der Waals surface area contributed by atoms with E-state index in [1.165, 1.54) is 0 Å². The predicted molar refractivity (Wildman–Crippen MR) is 110 cm³/mol. The van der Waals surface area contributed by atoms with Gasteiger partial charge >= 0.3 is 5.76 Å². The van der Waals surface area contributed by atoms with Gasteiger partial charge in [0.2, 0.25) is 17.6 Å². The molecule has 2 aromatic heterocycles. The Labute approximate surface area is 176 Å². The number of hydrogen-bond acceptors (Lipinski definition) is 8. The number of H-pyrrole nitrogens is 1. The number of nitrogens with zero attached hydrogens (tertiary/aromatic N) is 3. The summed E-state index contributed by atoms with van der Waals surface area (Å²) >= 11 is 0. The van der Waals surface area contributed by atoms with Crippen molar-refractivity contribution in [2.45, 2.75) is 19.8 Å².